The number of phenols is 3. The van der Waals surface area contributed by atoms with Crippen LogP contribution in [0.1, 0.15) is 205 Å². The molecule has 0 heterocycles. The van der Waals surface area contributed by atoms with Gasteiger partial charge in [0.2, 0.25) is 0 Å². The Morgan fingerprint density at radius 2 is 0.881 bits per heavy atom. The molecule has 0 bridgehead atoms. The quantitative estimate of drug-likeness (QED) is 0.124. The number of aliphatic hydroxyl groups is 3. The molecule has 3 aromatic rings. The maximum absolute atomic E-state index is 10.4. The number of unbranched alkanes of at least 4 members (excludes halogenated alkanes) is 3. The van der Waals surface area contributed by atoms with E-state index < -0.39 is 0 Å². The Balaban J connectivity index is 0.000000120. The maximum Gasteiger partial charge on any atom is 0.115 e. The SMILES string of the molecule is CC[C@@H]1C[C@@H]2[C@H](CCC3[C@H]2CC[C@@H]3O)c2ccc(O)cc21.COCCCCCC[C@@H]1C[C@@H]2[C@H](CCC3[C@H]2CC[C@@H]3O)c2ccc(O)cc21.Oc1ccc2c(c1)CC[C@@H]1[C@@H]2CCC2[C@H]1CC[C@@H]2O. The van der Waals surface area contributed by atoms with Crippen molar-refractivity contribution in [1.29, 1.82) is 0 Å². The summed E-state index contributed by atoms with van der Waals surface area (Å²) in [6.07, 6.45) is 25.9. The van der Waals surface area contributed by atoms with Gasteiger partial charge in [0.15, 0.2) is 0 Å². The number of ether oxygens (including phenoxy) is 1. The summed E-state index contributed by atoms with van der Waals surface area (Å²) in [6.45, 7) is 3.14. The Labute approximate surface area is 402 Å². The minimum atomic E-state index is -0.0589. The molecule has 0 radical (unpaired) electrons. The minimum absolute atomic E-state index is 0.0350. The number of hydrogen-bond donors (Lipinski definition) is 6. The molecule has 9 aliphatic rings. The number of aryl methyl sites for hydroxylation is 1. The number of methoxy groups -OCH3 is 1. The predicted octanol–water partition coefficient (Wildman–Crippen LogP) is 12.7. The number of hydrogen-bond acceptors (Lipinski definition) is 7. The van der Waals surface area contributed by atoms with Gasteiger partial charge in [0.1, 0.15) is 17.2 Å². The Hall–Kier alpha value is -3.10. The van der Waals surface area contributed by atoms with Gasteiger partial charge < -0.3 is 35.4 Å². The van der Waals surface area contributed by atoms with Crippen LogP contribution in [0.4, 0.5) is 0 Å². The number of phenolic OH excluding ortho intramolecular Hbond substituents is 3. The predicted molar refractivity (Wildman–Crippen MR) is 266 cm³/mol. The molecule has 17 atom stereocenters. The summed E-state index contributed by atoms with van der Waals surface area (Å²) in [6, 6.07) is 18.1. The first-order valence-electron chi connectivity index (χ1n) is 27.6. The highest BCUT2D eigenvalue weighted by atomic mass is 16.5. The molecule has 7 nitrogen and oxygen atoms in total. The molecular formula is C60H84O7. The molecule has 12 rings (SSSR count). The van der Waals surface area contributed by atoms with Crippen LogP contribution in [0.3, 0.4) is 0 Å². The van der Waals surface area contributed by atoms with E-state index in [4.69, 9.17) is 4.74 Å². The standard InChI is InChI=1S/C24H36O3.C19H26O2.C17H22O2/c1-27-13-5-3-2-4-6-16-14-23-19(18-8-7-17(25)15-22(16)18)9-10-21-20(23)11-12-24(21)26;1-2-11-9-18-14(13-4-3-12(20)10-17(11)13)5-6-16-15(18)7-8-19(16)21;18-11-2-4-12-10(9-11)1-3-14-13(12)5-6-16-15(14)7-8-17(16)19/h7-8,15-16,19-21,23-26H,2-6,9-14H2,1H3;3-4,10-11,14-16,18-21H,2,5-9H2,1H3;2,4,9,13-19H,1,3,5-8H2/t16-,19-,20-,21?,23-,24+;11-,14-,15-,16?,18-,19+;13-,14-,15+,16?,17+/m111/s1. The maximum atomic E-state index is 10.4. The van der Waals surface area contributed by atoms with E-state index in [1.165, 1.54) is 136 Å². The number of aliphatic hydroxyl groups excluding tert-OH is 3. The highest BCUT2D eigenvalue weighted by Gasteiger charge is 2.51. The van der Waals surface area contributed by atoms with E-state index in [9.17, 15) is 30.6 Å². The third-order valence-corrected chi connectivity index (χ3v) is 20.5. The Morgan fingerprint density at radius 1 is 0.433 bits per heavy atom. The van der Waals surface area contributed by atoms with Gasteiger partial charge in [-0.15, -0.1) is 0 Å². The zero-order chi connectivity index (χ0) is 46.3. The average molecular weight is 917 g/mol. The van der Waals surface area contributed by atoms with Crippen molar-refractivity contribution >= 4 is 0 Å². The average Bonchev–Trinajstić information content (AvgIpc) is 4.05. The summed E-state index contributed by atoms with van der Waals surface area (Å²) in [4.78, 5) is 0. The largest absolute Gasteiger partial charge is 0.508 e. The van der Waals surface area contributed by atoms with Crippen molar-refractivity contribution in [1.82, 2.24) is 0 Å². The van der Waals surface area contributed by atoms with Gasteiger partial charge in [-0.3, -0.25) is 0 Å². The summed E-state index contributed by atoms with van der Waals surface area (Å²) in [5, 5.41) is 60.4. The summed E-state index contributed by atoms with van der Waals surface area (Å²) < 4.78 is 5.16. The first kappa shape index (κ1) is 47.6. The van der Waals surface area contributed by atoms with Crippen molar-refractivity contribution in [2.24, 2.45) is 53.3 Å². The first-order valence-corrected chi connectivity index (χ1v) is 27.6. The van der Waals surface area contributed by atoms with Crippen molar-refractivity contribution in [2.45, 2.75) is 196 Å². The van der Waals surface area contributed by atoms with Gasteiger partial charge in [0, 0.05) is 13.7 Å². The van der Waals surface area contributed by atoms with Crippen molar-refractivity contribution in [2.75, 3.05) is 13.7 Å². The van der Waals surface area contributed by atoms with Crippen LogP contribution in [0.5, 0.6) is 17.2 Å². The number of rotatable bonds is 8. The molecule has 0 amide bonds. The molecule has 0 aliphatic heterocycles. The smallest absolute Gasteiger partial charge is 0.115 e. The monoisotopic (exact) mass is 917 g/mol. The molecule has 6 fully saturated rings. The van der Waals surface area contributed by atoms with Crippen LogP contribution in [-0.4, -0.2) is 62.7 Å². The van der Waals surface area contributed by atoms with Gasteiger partial charge in [-0.25, -0.2) is 0 Å². The van der Waals surface area contributed by atoms with Gasteiger partial charge in [0.05, 0.1) is 18.3 Å². The van der Waals surface area contributed by atoms with Gasteiger partial charge >= 0.3 is 0 Å². The molecule has 6 N–H and O–H groups in total. The van der Waals surface area contributed by atoms with Crippen molar-refractivity contribution in [3.63, 3.8) is 0 Å². The van der Waals surface area contributed by atoms with E-state index in [0.717, 1.165) is 74.7 Å². The van der Waals surface area contributed by atoms with Crippen molar-refractivity contribution < 1.29 is 35.4 Å². The molecule has 366 valence electrons. The third kappa shape index (κ3) is 9.48. The van der Waals surface area contributed by atoms with Crippen LogP contribution in [0.25, 0.3) is 0 Å². The van der Waals surface area contributed by atoms with Crippen molar-refractivity contribution in [3.8, 4) is 17.2 Å². The molecule has 67 heavy (non-hydrogen) atoms. The van der Waals surface area contributed by atoms with E-state index in [2.05, 4.69) is 31.2 Å². The topological polar surface area (TPSA) is 131 Å². The van der Waals surface area contributed by atoms with Crippen LogP contribution in [0.2, 0.25) is 0 Å². The molecule has 7 heteroatoms. The van der Waals surface area contributed by atoms with E-state index in [1.807, 2.05) is 30.3 Å². The molecule has 9 aliphatic carbocycles. The van der Waals surface area contributed by atoms with Crippen LogP contribution in [-0.2, 0) is 11.2 Å². The fourth-order valence-electron chi connectivity index (χ4n) is 17.5. The van der Waals surface area contributed by atoms with E-state index in [-0.39, 0.29) is 18.3 Å². The Morgan fingerprint density at radius 3 is 1.42 bits per heavy atom. The lowest BCUT2D eigenvalue weighted by atomic mass is 9.58. The fourth-order valence-corrected chi connectivity index (χ4v) is 17.5. The lowest BCUT2D eigenvalue weighted by molar-refractivity contribution is 0.0523. The zero-order valence-electron chi connectivity index (χ0n) is 40.9. The normalized spacial score (nSPS) is 38.4. The number of aromatic hydroxyl groups is 3. The van der Waals surface area contributed by atoms with Crippen LogP contribution in [0.15, 0.2) is 54.6 Å². The van der Waals surface area contributed by atoms with Crippen LogP contribution < -0.4 is 0 Å². The van der Waals surface area contributed by atoms with E-state index in [0.29, 0.717) is 70.5 Å². The van der Waals surface area contributed by atoms with E-state index in [1.54, 1.807) is 7.11 Å². The summed E-state index contributed by atoms with van der Waals surface area (Å²) in [5.41, 5.74) is 8.66. The first-order chi connectivity index (χ1) is 32.6. The lowest BCUT2D eigenvalue weighted by Crippen LogP contribution is -2.37. The fraction of sp³-hybridized carbons (Fsp3) is 0.700. The lowest BCUT2D eigenvalue weighted by Gasteiger charge is -2.47. The molecular weight excluding hydrogens is 833 g/mol. The number of fused-ring (bicyclic) bond motifs is 15. The minimum Gasteiger partial charge on any atom is -0.508 e. The van der Waals surface area contributed by atoms with Crippen molar-refractivity contribution in [3.05, 3.63) is 88.0 Å². The van der Waals surface area contributed by atoms with Gasteiger partial charge in [-0.05, 0) is 275 Å². The summed E-state index contributed by atoms with van der Waals surface area (Å²) in [5.74, 6) is 10.5. The van der Waals surface area contributed by atoms with Gasteiger partial charge in [0.25, 0.3) is 0 Å². The highest BCUT2D eigenvalue weighted by molar-refractivity contribution is 5.44. The van der Waals surface area contributed by atoms with Gasteiger partial charge in [-0.1, -0.05) is 44.4 Å². The molecule has 0 spiro atoms. The van der Waals surface area contributed by atoms with Crippen LogP contribution in [0, 0.1) is 53.3 Å². The third-order valence-electron chi connectivity index (χ3n) is 20.5. The molecule has 3 unspecified atom stereocenters. The second kappa shape index (κ2) is 20.7. The summed E-state index contributed by atoms with van der Waals surface area (Å²) in [7, 11) is 1.78. The highest BCUT2D eigenvalue weighted by Crippen LogP contribution is 2.60. The second-order valence-electron chi connectivity index (χ2n) is 23.5. The molecule has 0 aromatic heterocycles. The second-order valence-corrected chi connectivity index (χ2v) is 23.5. The molecule has 6 saturated carbocycles. The Bertz CT molecular complexity index is 2130. The molecule has 3 aromatic carbocycles. The van der Waals surface area contributed by atoms with Gasteiger partial charge in [-0.2, -0.15) is 0 Å². The van der Waals surface area contributed by atoms with Crippen LogP contribution >= 0.6 is 0 Å². The summed E-state index contributed by atoms with van der Waals surface area (Å²) >= 11 is 0. The Kier molecular flexibility index (Phi) is 14.7. The van der Waals surface area contributed by atoms with E-state index >= 15 is 0 Å². The molecule has 0 saturated heterocycles. The number of benzene rings is 3. The zero-order valence-corrected chi connectivity index (χ0v) is 40.9.